The van der Waals surface area contributed by atoms with Crippen LogP contribution in [-0.2, 0) is 11.3 Å². The number of benzene rings is 3. The van der Waals surface area contributed by atoms with E-state index in [1.807, 2.05) is 104 Å². The molecule has 1 fully saturated rings. The van der Waals surface area contributed by atoms with Gasteiger partial charge < -0.3 is 9.64 Å². The van der Waals surface area contributed by atoms with Crippen molar-refractivity contribution < 1.29 is 9.53 Å². The molecule has 4 rings (SSSR count). The van der Waals surface area contributed by atoms with E-state index in [-0.39, 0.29) is 5.91 Å². The molecule has 0 radical (unpaired) electrons. The van der Waals surface area contributed by atoms with Crippen LogP contribution in [0, 0.1) is 0 Å². The minimum atomic E-state index is -0.0443. The molecule has 0 N–H and O–H groups in total. The minimum absolute atomic E-state index is 0.0443. The summed E-state index contributed by atoms with van der Waals surface area (Å²) >= 11 is 1.41. The first-order valence-electron chi connectivity index (χ1n) is 10.3. The molecule has 1 amide bonds. The van der Waals surface area contributed by atoms with Crippen LogP contribution in [0.4, 0.5) is 11.4 Å². The number of methoxy groups -OCH3 is 1. The molecule has 3 aromatic carbocycles. The summed E-state index contributed by atoms with van der Waals surface area (Å²) in [4.78, 5) is 22.5. The lowest BCUT2D eigenvalue weighted by molar-refractivity contribution is -0.122. The zero-order valence-corrected chi connectivity index (χ0v) is 19.2. The summed E-state index contributed by atoms with van der Waals surface area (Å²) < 4.78 is 5.25. The van der Waals surface area contributed by atoms with Gasteiger partial charge in [-0.2, -0.15) is 0 Å². The largest absolute Gasteiger partial charge is 0.497 e. The second kappa shape index (κ2) is 9.75. The molecule has 6 heteroatoms. The second-order valence-electron chi connectivity index (χ2n) is 7.57. The monoisotopic (exact) mass is 443 g/mol. The number of aliphatic imine (C=N–C) groups is 1. The quantitative estimate of drug-likeness (QED) is 0.468. The minimum Gasteiger partial charge on any atom is -0.497 e. The predicted molar refractivity (Wildman–Crippen MR) is 133 cm³/mol. The predicted octanol–water partition coefficient (Wildman–Crippen LogP) is 5.57. The molecule has 0 unspecified atom stereocenters. The average Bonchev–Trinajstić information content (AvgIpc) is 3.09. The maximum Gasteiger partial charge on any atom is 0.267 e. The van der Waals surface area contributed by atoms with E-state index >= 15 is 0 Å². The number of para-hydroxylation sites is 1. The highest BCUT2D eigenvalue weighted by molar-refractivity contribution is 8.18. The number of hydrogen-bond acceptors (Lipinski definition) is 5. The van der Waals surface area contributed by atoms with E-state index in [2.05, 4.69) is 0 Å². The van der Waals surface area contributed by atoms with Gasteiger partial charge >= 0.3 is 0 Å². The third kappa shape index (κ3) is 5.03. The number of carbonyl (C=O) groups excluding carboxylic acids is 1. The van der Waals surface area contributed by atoms with E-state index in [9.17, 15) is 4.79 Å². The van der Waals surface area contributed by atoms with Crippen molar-refractivity contribution in [3.8, 4) is 5.75 Å². The number of ether oxygens (including phenoxy) is 1. The molecule has 1 saturated heterocycles. The van der Waals surface area contributed by atoms with E-state index in [1.54, 1.807) is 12.0 Å². The summed E-state index contributed by atoms with van der Waals surface area (Å²) in [5, 5.41) is 0.674. The lowest BCUT2D eigenvalue weighted by Gasteiger charge is -2.16. The van der Waals surface area contributed by atoms with Crippen molar-refractivity contribution in [2.45, 2.75) is 6.54 Å². The fraction of sp³-hybridized carbons (Fsp3) is 0.154. The maximum atomic E-state index is 13.3. The number of rotatable bonds is 6. The van der Waals surface area contributed by atoms with Crippen LogP contribution in [0.5, 0.6) is 5.75 Å². The first kappa shape index (κ1) is 21.7. The van der Waals surface area contributed by atoms with Crippen LogP contribution in [0.3, 0.4) is 0 Å². The Morgan fingerprint density at radius 1 is 0.969 bits per heavy atom. The Bertz CT molecular complexity index is 1140. The first-order valence-corrected chi connectivity index (χ1v) is 11.1. The lowest BCUT2D eigenvalue weighted by atomic mass is 10.1. The summed E-state index contributed by atoms with van der Waals surface area (Å²) in [6.07, 6.45) is 1.93. The van der Waals surface area contributed by atoms with Gasteiger partial charge in [-0.3, -0.25) is 9.69 Å². The van der Waals surface area contributed by atoms with Gasteiger partial charge in [0.05, 0.1) is 24.2 Å². The second-order valence-corrected chi connectivity index (χ2v) is 8.58. The number of carbonyl (C=O) groups is 1. The number of thioether (sulfide) groups is 1. The first-order chi connectivity index (χ1) is 15.5. The summed E-state index contributed by atoms with van der Waals surface area (Å²) in [6, 6.07) is 25.6. The van der Waals surface area contributed by atoms with Gasteiger partial charge in [0.1, 0.15) is 5.75 Å². The molecule has 1 aliphatic rings. The number of anilines is 1. The summed E-state index contributed by atoms with van der Waals surface area (Å²) in [7, 11) is 5.66. The highest BCUT2D eigenvalue weighted by Gasteiger charge is 2.33. The highest BCUT2D eigenvalue weighted by Crippen LogP contribution is 2.35. The molecule has 1 heterocycles. The average molecular weight is 444 g/mol. The van der Waals surface area contributed by atoms with Gasteiger partial charge in [0.25, 0.3) is 5.91 Å². The Kier molecular flexibility index (Phi) is 6.61. The molecule has 0 bridgehead atoms. The van der Waals surface area contributed by atoms with Crippen molar-refractivity contribution >= 4 is 40.3 Å². The normalized spacial score (nSPS) is 16.1. The SMILES string of the molecule is COc1ccc(CN2C(=O)/C(=C/c3ccc(N(C)C)cc3)SC2=Nc2ccccc2)cc1. The fourth-order valence-corrected chi connectivity index (χ4v) is 4.28. The molecule has 0 aromatic heterocycles. The molecular formula is C26H25N3O2S. The van der Waals surface area contributed by atoms with Crippen LogP contribution in [0.1, 0.15) is 11.1 Å². The molecule has 32 heavy (non-hydrogen) atoms. The number of amidine groups is 1. The fourth-order valence-electron chi connectivity index (χ4n) is 3.28. The summed E-state index contributed by atoms with van der Waals surface area (Å²) in [5.41, 5.74) is 3.93. The van der Waals surface area contributed by atoms with E-state index < -0.39 is 0 Å². The molecule has 5 nitrogen and oxygen atoms in total. The number of hydrogen-bond donors (Lipinski definition) is 0. The van der Waals surface area contributed by atoms with Crippen molar-refractivity contribution in [2.24, 2.45) is 4.99 Å². The van der Waals surface area contributed by atoms with Crippen LogP contribution < -0.4 is 9.64 Å². The molecule has 0 aliphatic carbocycles. The van der Waals surface area contributed by atoms with Crippen molar-refractivity contribution in [3.63, 3.8) is 0 Å². The molecular weight excluding hydrogens is 418 g/mol. The standard InChI is InChI=1S/C26H25N3O2S/c1-28(2)22-13-9-19(10-14-22)17-24-25(30)29(18-20-11-15-23(31-3)16-12-20)26(32-24)27-21-7-5-4-6-8-21/h4-17H,18H2,1-3H3/b24-17-,27-26?. The highest BCUT2D eigenvalue weighted by atomic mass is 32.2. The Morgan fingerprint density at radius 2 is 1.66 bits per heavy atom. The van der Waals surface area contributed by atoms with Gasteiger partial charge in [-0.15, -0.1) is 0 Å². The van der Waals surface area contributed by atoms with Crippen molar-refractivity contribution in [2.75, 3.05) is 26.1 Å². The third-order valence-corrected chi connectivity index (χ3v) is 6.08. The maximum absolute atomic E-state index is 13.3. The van der Waals surface area contributed by atoms with Gasteiger partial charge in [-0.25, -0.2) is 4.99 Å². The van der Waals surface area contributed by atoms with Crippen molar-refractivity contribution in [3.05, 3.63) is 94.9 Å². The molecule has 0 saturated carbocycles. The van der Waals surface area contributed by atoms with E-state index in [4.69, 9.17) is 9.73 Å². The molecule has 0 atom stereocenters. The number of nitrogens with zero attached hydrogens (tertiary/aromatic N) is 3. The van der Waals surface area contributed by atoms with E-state index in [0.717, 1.165) is 28.3 Å². The molecule has 3 aromatic rings. The van der Waals surface area contributed by atoms with Crippen LogP contribution in [0.15, 0.2) is 88.8 Å². The van der Waals surface area contributed by atoms with Gasteiger partial charge in [-0.1, -0.05) is 42.5 Å². The van der Waals surface area contributed by atoms with Gasteiger partial charge in [0.15, 0.2) is 5.17 Å². The molecule has 0 spiro atoms. The Hall–Kier alpha value is -3.51. The van der Waals surface area contributed by atoms with Crippen LogP contribution in [0.2, 0.25) is 0 Å². The molecule has 1 aliphatic heterocycles. The summed E-state index contributed by atoms with van der Waals surface area (Å²) in [5.74, 6) is 0.744. The smallest absolute Gasteiger partial charge is 0.267 e. The van der Waals surface area contributed by atoms with Crippen LogP contribution in [-0.4, -0.2) is 37.2 Å². The van der Waals surface area contributed by atoms with Gasteiger partial charge in [0.2, 0.25) is 0 Å². The number of amides is 1. The third-order valence-electron chi connectivity index (χ3n) is 5.08. The zero-order valence-electron chi connectivity index (χ0n) is 18.4. The van der Waals surface area contributed by atoms with Gasteiger partial charge in [0, 0.05) is 19.8 Å². The Labute approximate surface area is 193 Å². The zero-order chi connectivity index (χ0) is 22.5. The Morgan fingerprint density at radius 3 is 2.28 bits per heavy atom. The van der Waals surface area contributed by atoms with Crippen molar-refractivity contribution in [1.82, 2.24) is 4.90 Å². The lowest BCUT2D eigenvalue weighted by Crippen LogP contribution is -2.28. The molecule has 162 valence electrons. The Balaban J connectivity index is 1.65. The van der Waals surface area contributed by atoms with Gasteiger partial charge in [-0.05, 0) is 65.4 Å². The van der Waals surface area contributed by atoms with Crippen molar-refractivity contribution in [1.29, 1.82) is 0 Å². The van der Waals surface area contributed by atoms with E-state index in [0.29, 0.717) is 16.6 Å². The van der Waals surface area contributed by atoms with Crippen LogP contribution >= 0.6 is 11.8 Å². The van der Waals surface area contributed by atoms with E-state index in [1.165, 1.54) is 11.8 Å². The van der Waals surface area contributed by atoms with Crippen LogP contribution in [0.25, 0.3) is 6.08 Å². The summed E-state index contributed by atoms with van der Waals surface area (Å²) in [6.45, 7) is 0.443. The topological polar surface area (TPSA) is 45.1 Å².